The number of carboxylic acid groups (broad SMARTS) is 1. The van der Waals surface area contributed by atoms with E-state index in [0.29, 0.717) is 22.4 Å². The van der Waals surface area contributed by atoms with Gasteiger partial charge in [0.25, 0.3) is 5.91 Å². The summed E-state index contributed by atoms with van der Waals surface area (Å²) in [6, 6.07) is 17.9. The molecule has 0 aromatic heterocycles. The number of hydrogen-bond acceptors (Lipinski definition) is 5. The molecule has 32 heavy (non-hydrogen) atoms. The number of methoxy groups -OCH3 is 2. The number of aromatic hydroxyl groups is 1. The molecule has 0 radical (unpaired) electrons. The molecule has 164 valence electrons. The normalized spacial score (nSPS) is 17.6. The Labute approximate surface area is 185 Å². The van der Waals surface area contributed by atoms with E-state index in [-0.39, 0.29) is 24.0 Å². The molecule has 0 fully saturated rings. The van der Waals surface area contributed by atoms with Crippen LogP contribution in [-0.4, -0.2) is 41.2 Å². The van der Waals surface area contributed by atoms with Gasteiger partial charge >= 0.3 is 5.97 Å². The van der Waals surface area contributed by atoms with Crippen LogP contribution in [0, 0.1) is 0 Å². The van der Waals surface area contributed by atoms with Crippen molar-refractivity contribution < 1.29 is 29.3 Å². The summed E-state index contributed by atoms with van der Waals surface area (Å²) >= 11 is 0. The highest BCUT2D eigenvalue weighted by Crippen LogP contribution is 2.47. The van der Waals surface area contributed by atoms with E-state index in [9.17, 15) is 19.8 Å². The highest BCUT2D eigenvalue weighted by molar-refractivity contribution is 6.00. The largest absolute Gasteiger partial charge is 0.504 e. The van der Waals surface area contributed by atoms with Crippen molar-refractivity contribution in [2.75, 3.05) is 14.2 Å². The van der Waals surface area contributed by atoms with Crippen LogP contribution >= 0.6 is 0 Å². The SMILES string of the molecule is COc1cccc(CN2C(=O)c3ccccc3C(C(=O)O)C2c2cccc(OC)c2O)c1. The Hall–Kier alpha value is -4.00. The number of phenolic OH excluding ortho intramolecular Hbond substituents is 1. The van der Waals surface area contributed by atoms with E-state index < -0.39 is 17.9 Å². The third-order valence-electron chi connectivity index (χ3n) is 5.76. The molecule has 0 saturated heterocycles. The van der Waals surface area contributed by atoms with E-state index in [1.807, 2.05) is 12.1 Å². The lowest BCUT2D eigenvalue weighted by Gasteiger charge is -2.41. The number of carbonyl (C=O) groups excluding carboxylic acids is 1. The molecule has 2 unspecified atom stereocenters. The van der Waals surface area contributed by atoms with Crippen molar-refractivity contribution in [2.45, 2.75) is 18.5 Å². The molecule has 1 heterocycles. The number of ether oxygens (including phenoxy) is 2. The summed E-state index contributed by atoms with van der Waals surface area (Å²) in [4.78, 5) is 27.6. The van der Waals surface area contributed by atoms with Gasteiger partial charge in [0.15, 0.2) is 11.5 Å². The maximum atomic E-state index is 13.6. The second-order valence-electron chi connectivity index (χ2n) is 7.53. The number of fused-ring (bicyclic) bond motifs is 1. The predicted molar refractivity (Wildman–Crippen MR) is 117 cm³/mol. The molecule has 1 aliphatic rings. The van der Waals surface area contributed by atoms with E-state index in [2.05, 4.69) is 0 Å². The Bertz CT molecular complexity index is 1170. The molecule has 0 aliphatic carbocycles. The van der Waals surface area contributed by atoms with Crippen LogP contribution in [-0.2, 0) is 11.3 Å². The monoisotopic (exact) mass is 433 g/mol. The summed E-state index contributed by atoms with van der Waals surface area (Å²) in [5.41, 5.74) is 1.83. The molecule has 1 amide bonds. The lowest BCUT2D eigenvalue weighted by molar-refractivity contribution is -0.140. The Morgan fingerprint density at radius 1 is 0.969 bits per heavy atom. The number of hydrogen-bond donors (Lipinski definition) is 2. The molecule has 3 aromatic rings. The van der Waals surface area contributed by atoms with Crippen molar-refractivity contribution in [1.82, 2.24) is 4.90 Å². The Morgan fingerprint density at radius 3 is 2.41 bits per heavy atom. The molecule has 1 aliphatic heterocycles. The second-order valence-corrected chi connectivity index (χ2v) is 7.53. The molecule has 0 saturated carbocycles. The van der Waals surface area contributed by atoms with Crippen LogP contribution in [0.25, 0.3) is 0 Å². The number of amides is 1. The third-order valence-corrected chi connectivity index (χ3v) is 5.76. The molecular formula is C25H23NO6. The number of para-hydroxylation sites is 1. The van der Waals surface area contributed by atoms with Gasteiger partial charge in [0.1, 0.15) is 11.7 Å². The number of benzene rings is 3. The Kier molecular flexibility index (Phi) is 5.73. The van der Waals surface area contributed by atoms with Gasteiger partial charge in [-0.25, -0.2) is 0 Å². The second kappa shape index (κ2) is 8.63. The first-order valence-corrected chi connectivity index (χ1v) is 10.1. The summed E-state index contributed by atoms with van der Waals surface area (Å²) in [5, 5.41) is 21.1. The number of phenols is 1. The number of aliphatic carboxylic acids is 1. The van der Waals surface area contributed by atoms with Gasteiger partial charge in [0.2, 0.25) is 0 Å². The topological polar surface area (TPSA) is 96.3 Å². The van der Waals surface area contributed by atoms with Crippen LogP contribution in [0.3, 0.4) is 0 Å². The molecule has 4 rings (SSSR count). The van der Waals surface area contributed by atoms with Crippen molar-refractivity contribution >= 4 is 11.9 Å². The van der Waals surface area contributed by atoms with Crippen LogP contribution < -0.4 is 9.47 Å². The first kappa shape index (κ1) is 21.2. The fourth-order valence-corrected chi connectivity index (χ4v) is 4.29. The van der Waals surface area contributed by atoms with Crippen molar-refractivity contribution in [3.63, 3.8) is 0 Å². The minimum atomic E-state index is -1.09. The Morgan fingerprint density at radius 2 is 1.69 bits per heavy atom. The minimum absolute atomic E-state index is 0.134. The van der Waals surface area contributed by atoms with Gasteiger partial charge in [-0.15, -0.1) is 0 Å². The lowest BCUT2D eigenvalue weighted by atomic mass is 9.79. The van der Waals surface area contributed by atoms with Crippen LogP contribution in [0.5, 0.6) is 17.2 Å². The maximum Gasteiger partial charge on any atom is 0.313 e. The quantitative estimate of drug-likeness (QED) is 0.611. The van der Waals surface area contributed by atoms with Crippen LogP contribution in [0.4, 0.5) is 0 Å². The van der Waals surface area contributed by atoms with Gasteiger partial charge in [-0.3, -0.25) is 9.59 Å². The number of nitrogens with zero attached hydrogens (tertiary/aromatic N) is 1. The van der Waals surface area contributed by atoms with Crippen molar-refractivity contribution in [3.8, 4) is 17.2 Å². The van der Waals surface area contributed by atoms with Gasteiger partial charge in [-0.2, -0.15) is 0 Å². The lowest BCUT2D eigenvalue weighted by Crippen LogP contribution is -2.44. The molecule has 7 heteroatoms. The maximum absolute atomic E-state index is 13.6. The molecule has 2 N–H and O–H groups in total. The first-order valence-electron chi connectivity index (χ1n) is 10.1. The van der Waals surface area contributed by atoms with Gasteiger partial charge < -0.3 is 24.6 Å². The van der Waals surface area contributed by atoms with Crippen molar-refractivity contribution in [2.24, 2.45) is 0 Å². The van der Waals surface area contributed by atoms with Crippen LogP contribution in [0.1, 0.15) is 39.0 Å². The molecule has 0 spiro atoms. The highest BCUT2D eigenvalue weighted by Gasteiger charge is 2.45. The molecular weight excluding hydrogens is 410 g/mol. The number of rotatable bonds is 6. The number of carbonyl (C=O) groups is 2. The average Bonchev–Trinajstić information content (AvgIpc) is 2.81. The zero-order chi connectivity index (χ0) is 22.8. The molecule has 3 aromatic carbocycles. The summed E-state index contributed by atoms with van der Waals surface area (Å²) in [5.74, 6) is -1.83. The summed E-state index contributed by atoms with van der Waals surface area (Å²) in [6.45, 7) is 0.134. The first-order chi connectivity index (χ1) is 15.5. The average molecular weight is 433 g/mol. The van der Waals surface area contributed by atoms with Gasteiger partial charge in [0, 0.05) is 17.7 Å². The zero-order valence-corrected chi connectivity index (χ0v) is 17.7. The van der Waals surface area contributed by atoms with E-state index in [4.69, 9.17) is 9.47 Å². The molecule has 2 atom stereocenters. The smallest absolute Gasteiger partial charge is 0.313 e. The van der Waals surface area contributed by atoms with E-state index in [1.54, 1.807) is 61.7 Å². The third kappa shape index (κ3) is 3.62. The van der Waals surface area contributed by atoms with Gasteiger partial charge in [0.05, 0.1) is 20.3 Å². The zero-order valence-electron chi connectivity index (χ0n) is 17.7. The van der Waals surface area contributed by atoms with Gasteiger partial charge in [-0.05, 0) is 35.4 Å². The Balaban J connectivity index is 1.92. The molecule has 0 bridgehead atoms. The van der Waals surface area contributed by atoms with Crippen LogP contribution in [0.15, 0.2) is 66.7 Å². The predicted octanol–water partition coefficient (Wildman–Crippen LogP) is 3.97. The fourth-order valence-electron chi connectivity index (χ4n) is 4.29. The van der Waals surface area contributed by atoms with Crippen LogP contribution in [0.2, 0.25) is 0 Å². The standard InChI is InChI=1S/C25H23NO6/c1-31-16-8-5-7-15(13-16)14-26-22(19-11-6-12-20(32-2)23(19)27)21(25(29)30)17-9-3-4-10-18(17)24(26)28/h3-13,21-22,27H,14H2,1-2H3,(H,29,30). The van der Waals surface area contributed by atoms with Gasteiger partial charge in [-0.1, -0.05) is 42.5 Å². The van der Waals surface area contributed by atoms with E-state index >= 15 is 0 Å². The minimum Gasteiger partial charge on any atom is -0.504 e. The number of carboxylic acids is 1. The highest BCUT2D eigenvalue weighted by atomic mass is 16.5. The fraction of sp³-hybridized carbons (Fsp3) is 0.200. The van der Waals surface area contributed by atoms with E-state index in [1.165, 1.54) is 12.0 Å². The van der Waals surface area contributed by atoms with Crippen molar-refractivity contribution in [1.29, 1.82) is 0 Å². The summed E-state index contributed by atoms with van der Waals surface area (Å²) < 4.78 is 10.5. The summed E-state index contributed by atoms with van der Waals surface area (Å²) in [7, 11) is 2.97. The summed E-state index contributed by atoms with van der Waals surface area (Å²) in [6.07, 6.45) is 0. The molecule has 7 nitrogen and oxygen atoms in total. The van der Waals surface area contributed by atoms with Crippen molar-refractivity contribution in [3.05, 3.63) is 89.0 Å². The van der Waals surface area contributed by atoms with E-state index in [0.717, 1.165) is 5.56 Å².